The maximum atomic E-state index is 12.7. The molecule has 1 heterocycles. The van der Waals surface area contributed by atoms with Crippen molar-refractivity contribution in [2.45, 2.75) is 39.8 Å². The van der Waals surface area contributed by atoms with Crippen LogP contribution in [-0.2, 0) is 11.3 Å². The molecular weight excluding hydrogens is 298 g/mol. The number of aryl methyl sites for hydroxylation is 1. The Morgan fingerprint density at radius 3 is 2.42 bits per heavy atom. The molecule has 0 amide bonds. The summed E-state index contributed by atoms with van der Waals surface area (Å²) in [6.45, 7) is 8.36. The Morgan fingerprint density at radius 2 is 1.75 bits per heavy atom. The fourth-order valence-electron chi connectivity index (χ4n) is 2.83. The van der Waals surface area contributed by atoms with Gasteiger partial charge in [-0.05, 0) is 51.5 Å². The van der Waals surface area contributed by atoms with Crippen molar-refractivity contribution in [3.63, 3.8) is 0 Å². The van der Waals surface area contributed by atoms with Gasteiger partial charge < -0.3 is 9.30 Å². The van der Waals surface area contributed by atoms with Crippen LogP contribution in [0.1, 0.15) is 42.4 Å². The minimum absolute atomic E-state index is 0.285. The second-order valence-corrected chi connectivity index (χ2v) is 7.17. The van der Waals surface area contributed by atoms with Crippen LogP contribution in [0.3, 0.4) is 0 Å². The number of fused-ring (bicyclic) bond motifs is 1. The Labute approximate surface area is 142 Å². The lowest BCUT2D eigenvalue weighted by atomic mass is 10.2. The zero-order valence-electron chi connectivity index (χ0n) is 14.7. The van der Waals surface area contributed by atoms with Crippen LogP contribution in [0.15, 0.2) is 54.6 Å². The number of carbonyl (C=O) groups excluding carboxylic acids is 1. The summed E-state index contributed by atoms with van der Waals surface area (Å²) in [6, 6.07) is 18.3. The molecule has 1 aromatic heterocycles. The summed E-state index contributed by atoms with van der Waals surface area (Å²) in [7, 11) is 0. The summed E-state index contributed by atoms with van der Waals surface area (Å²) in [5.74, 6) is -0.285. The number of rotatable bonds is 3. The second-order valence-electron chi connectivity index (χ2n) is 7.17. The third-order valence-electron chi connectivity index (χ3n) is 3.85. The highest BCUT2D eigenvalue weighted by molar-refractivity contribution is 5.96. The molecule has 0 fully saturated rings. The number of hydrogen-bond acceptors (Lipinski definition) is 2. The second kappa shape index (κ2) is 6.16. The van der Waals surface area contributed by atoms with Gasteiger partial charge in [0.05, 0.1) is 0 Å². The van der Waals surface area contributed by atoms with Crippen molar-refractivity contribution >= 4 is 16.9 Å². The molecule has 0 saturated heterocycles. The SMILES string of the molecule is Cc1ccc2c(c1)cc(C(=O)OC(C)(C)C)n2Cc1ccccc1. The fraction of sp³-hybridized carbons (Fsp3) is 0.286. The average molecular weight is 321 g/mol. The zero-order valence-corrected chi connectivity index (χ0v) is 14.7. The lowest BCUT2D eigenvalue weighted by Gasteiger charge is -2.20. The molecule has 3 heteroatoms. The molecule has 0 aliphatic rings. The van der Waals surface area contributed by atoms with Gasteiger partial charge in [-0.1, -0.05) is 42.0 Å². The van der Waals surface area contributed by atoms with E-state index in [9.17, 15) is 4.79 Å². The molecule has 3 nitrogen and oxygen atoms in total. The third kappa shape index (κ3) is 3.51. The molecule has 3 rings (SSSR count). The molecule has 0 N–H and O–H groups in total. The average Bonchev–Trinajstić information content (AvgIpc) is 2.84. The van der Waals surface area contributed by atoms with Crippen molar-refractivity contribution in [1.82, 2.24) is 4.57 Å². The van der Waals surface area contributed by atoms with Crippen molar-refractivity contribution in [3.05, 3.63) is 71.4 Å². The van der Waals surface area contributed by atoms with Gasteiger partial charge >= 0.3 is 5.97 Å². The normalized spacial score (nSPS) is 11.7. The zero-order chi connectivity index (χ0) is 17.3. The van der Waals surface area contributed by atoms with E-state index >= 15 is 0 Å². The van der Waals surface area contributed by atoms with Gasteiger partial charge in [-0.25, -0.2) is 4.79 Å². The summed E-state index contributed by atoms with van der Waals surface area (Å²) < 4.78 is 7.64. The maximum absolute atomic E-state index is 12.7. The molecule has 24 heavy (non-hydrogen) atoms. The fourth-order valence-corrected chi connectivity index (χ4v) is 2.83. The van der Waals surface area contributed by atoms with Crippen LogP contribution in [0, 0.1) is 6.92 Å². The molecular formula is C21H23NO2. The Bertz CT molecular complexity index is 870. The quantitative estimate of drug-likeness (QED) is 0.639. The van der Waals surface area contributed by atoms with E-state index in [4.69, 9.17) is 4.74 Å². The van der Waals surface area contributed by atoms with Crippen LogP contribution < -0.4 is 0 Å². The standard InChI is InChI=1S/C21H23NO2/c1-15-10-11-18-17(12-15)13-19(20(23)24-21(2,3)4)22(18)14-16-8-6-5-7-9-16/h5-13H,14H2,1-4H3. The lowest BCUT2D eigenvalue weighted by molar-refractivity contribution is 0.00587. The minimum Gasteiger partial charge on any atom is -0.455 e. The van der Waals surface area contributed by atoms with Crippen LogP contribution in [-0.4, -0.2) is 16.1 Å². The predicted molar refractivity (Wildman–Crippen MR) is 97.4 cm³/mol. The van der Waals surface area contributed by atoms with E-state index in [-0.39, 0.29) is 5.97 Å². The Kier molecular flexibility index (Phi) is 4.18. The van der Waals surface area contributed by atoms with E-state index in [2.05, 4.69) is 37.3 Å². The Hall–Kier alpha value is -2.55. The number of hydrogen-bond donors (Lipinski definition) is 0. The van der Waals surface area contributed by atoms with E-state index in [1.54, 1.807) is 0 Å². The summed E-state index contributed by atoms with van der Waals surface area (Å²) in [4.78, 5) is 12.7. The van der Waals surface area contributed by atoms with Crippen LogP contribution in [0.4, 0.5) is 0 Å². The molecule has 0 bridgehead atoms. The number of esters is 1. The summed E-state index contributed by atoms with van der Waals surface area (Å²) in [5, 5.41) is 1.06. The molecule has 0 aliphatic heterocycles. The number of benzene rings is 2. The van der Waals surface area contributed by atoms with Gasteiger partial charge in [0.25, 0.3) is 0 Å². The molecule has 0 spiro atoms. The molecule has 0 radical (unpaired) electrons. The molecule has 0 atom stereocenters. The van der Waals surface area contributed by atoms with Crippen molar-refractivity contribution < 1.29 is 9.53 Å². The van der Waals surface area contributed by atoms with E-state index in [1.807, 2.05) is 49.6 Å². The minimum atomic E-state index is -0.513. The van der Waals surface area contributed by atoms with Gasteiger partial charge in [0, 0.05) is 17.4 Å². The molecule has 2 aromatic carbocycles. The van der Waals surface area contributed by atoms with Crippen LogP contribution in [0.25, 0.3) is 10.9 Å². The monoisotopic (exact) mass is 321 g/mol. The molecule has 0 aliphatic carbocycles. The van der Waals surface area contributed by atoms with Crippen molar-refractivity contribution in [1.29, 1.82) is 0 Å². The first-order chi connectivity index (χ1) is 11.3. The Morgan fingerprint density at radius 1 is 1.04 bits per heavy atom. The molecule has 124 valence electrons. The topological polar surface area (TPSA) is 31.2 Å². The van der Waals surface area contributed by atoms with E-state index in [0.717, 1.165) is 16.5 Å². The largest absolute Gasteiger partial charge is 0.455 e. The maximum Gasteiger partial charge on any atom is 0.355 e. The summed E-state index contributed by atoms with van der Waals surface area (Å²) in [5.41, 5.74) is 3.45. The van der Waals surface area contributed by atoms with Gasteiger partial charge in [0.2, 0.25) is 0 Å². The summed E-state index contributed by atoms with van der Waals surface area (Å²) in [6.07, 6.45) is 0. The lowest BCUT2D eigenvalue weighted by Crippen LogP contribution is -2.25. The summed E-state index contributed by atoms with van der Waals surface area (Å²) >= 11 is 0. The van der Waals surface area contributed by atoms with Crippen LogP contribution in [0.2, 0.25) is 0 Å². The Balaban J connectivity index is 2.09. The van der Waals surface area contributed by atoms with Gasteiger partial charge in [0.1, 0.15) is 11.3 Å². The number of nitrogens with zero attached hydrogens (tertiary/aromatic N) is 1. The molecule has 0 saturated carbocycles. The van der Waals surface area contributed by atoms with Gasteiger partial charge in [0.15, 0.2) is 0 Å². The van der Waals surface area contributed by atoms with Gasteiger partial charge in [-0.15, -0.1) is 0 Å². The van der Waals surface area contributed by atoms with Crippen molar-refractivity contribution in [3.8, 4) is 0 Å². The van der Waals surface area contributed by atoms with E-state index in [0.29, 0.717) is 12.2 Å². The van der Waals surface area contributed by atoms with E-state index in [1.165, 1.54) is 5.56 Å². The number of aromatic nitrogens is 1. The number of ether oxygens (including phenoxy) is 1. The smallest absolute Gasteiger partial charge is 0.355 e. The molecule has 3 aromatic rings. The van der Waals surface area contributed by atoms with Crippen LogP contribution >= 0.6 is 0 Å². The van der Waals surface area contributed by atoms with Crippen molar-refractivity contribution in [2.24, 2.45) is 0 Å². The highest BCUT2D eigenvalue weighted by atomic mass is 16.6. The first-order valence-electron chi connectivity index (χ1n) is 8.21. The third-order valence-corrected chi connectivity index (χ3v) is 3.85. The first kappa shape index (κ1) is 16.3. The highest BCUT2D eigenvalue weighted by Gasteiger charge is 2.22. The number of carbonyl (C=O) groups is 1. The first-order valence-corrected chi connectivity index (χ1v) is 8.21. The predicted octanol–water partition coefficient (Wildman–Crippen LogP) is 4.95. The highest BCUT2D eigenvalue weighted by Crippen LogP contribution is 2.24. The van der Waals surface area contributed by atoms with Crippen molar-refractivity contribution in [2.75, 3.05) is 0 Å². The van der Waals surface area contributed by atoms with Gasteiger partial charge in [-0.2, -0.15) is 0 Å². The molecule has 0 unspecified atom stereocenters. The van der Waals surface area contributed by atoms with Gasteiger partial charge in [-0.3, -0.25) is 0 Å². The van der Waals surface area contributed by atoms with E-state index < -0.39 is 5.60 Å². The van der Waals surface area contributed by atoms with Crippen LogP contribution in [0.5, 0.6) is 0 Å².